The van der Waals surface area contributed by atoms with Crippen molar-refractivity contribution in [1.82, 2.24) is 68.8 Å². The minimum Gasteiger partial charge on any atom is -0.397 e. The number of aliphatic hydroxyl groups is 9. The molecule has 0 aromatic carbocycles. The van der Waals surface area contributed by atoms with Crippen LogP contribution in [-0.2, 0) is 76.1 Å². The lowest BCUT2D eigenvalue weighted by Gasteiger charge is -2.42. The summed E-state index contributed by atoms with van der Waals surface area (Å²) in [4.78, 5) is 132. The maximum Gasteiger partial charge on any atom is 0.397 e. The third-order valence-electron chi connectivity index (χ3n) is 15.1. The highest BCUT2D eigenvalue weighted by atomic mass is 127. The lowest BCUT2D eigenvalue weighted by molar-refractivity contribution is -0.245. The van der Waals surface area contributed by atoms with Crippen LogP contribution in [0.1, 0.15) is 91.4 Å². The second kappa shape index (κ2) is 43.3. The molecule has 38 nitrogen and oxygen atoms in total. The molecule has 4 fully saturated rings. The predicted octanol–water partition coefficient (Wildman–Crippen LogP) is -12.2. The zero-order valence-electron chi connectivity index (χ0n) is 52.1. The van der Waals surface area contributed by atoms with E-state index in [4.69, 9.17) is 28.2 Å². The number of aliphatic hydroxyl groups excluding tert-OH is 9. The molecule has 0 aromatic rings. The molecule has 4 rings (SSSR count). The van der Waals surface area contributed by atoms with Gasteiger partial charge in [0.2, 0.25) is 59.1 Å². The molecule has 0 spiro atoms. The molecule has 94 heavy (non-hydrogen) atoms. The molecule has 19 atom stereocenters. The number of carbonyl (C=O) groups is 10. The molecule has 0 saturated carbocycles. The van der Waals surface area contributed by atoms with Gasteiger partial charge in [0.05, 0.1) is 32.9 Å². The van der Waals surface area contributed by atoms with Crippen LogP contribution in [0.25, 0.3) is 0 Å². The van der Waals surface area contributed by atoms with Crippen molar-refractivity contribution < 1.29 is 122 Å². The minimum absolute atomic E-state index is 0.0457. The SMILES string of the molecule is CC(=O)N[C@H]1[C@H](O[B]NCCCC[C@@H]2NC(=O)CNC(=O)[C@H](CCCCN[B]O[C@@H]3O[C@H](CO)[C@H](O)[C@H](O)[C@H]3NC(C)=O)NC(=O)[C@H](CCC(=O)N[B]I)NC(=O)[C@H](CCCCN[B]O[C@@H]3O[C@H](CO)[C@H](O)[C@H](O)[C@H]3NC(C)=O)NC(=O)CNC2=O)O[C@H](CO)[C@H](O)[C@@H]1O. The molecule has 526 valence electrons. The predicted molar refractivity (Wildman–Crippen MR) is 333 cm³/mol. The van der Waals surface area contributed by atoms with Crippen LogP contribution in [0, 0.1) is 0 Å². The number of hydrogen-bond acceptors (Lipinski definition) is 28. The van der Waals surface area contributed by atoms with E-state index < -0.39 is 208 Å². The summed E-state index contributed by atoms with van der Waals surface area (Å²) in [6, 6.07) is -9.37. The highest BCUT2D eigenvalue weighted by Crippen LogP contribution is 2.25. The fourth-order valence-electron chi connectivity index (χ4n) is 10.1. The first-order chi connectivity index (χ1) is 44.8. The van der Waals surface area contributed by atoms with Gasteiger partial charge in [-0.15, -0.1) is 22.4 Å². The Bertz CT molecular complexity index is 2380. The van der Waals surface area contributed by atoms with Gasteiger partial charge in [-0.25, -0.2) is 0 Å². The van der Waals surface area contributed by atoms with Gasteiger partial charge in [0.1, 0.15) is 97.2 Å². The molecule has 4 aliphatic rings. The molecule has 43 heteroatoms. The monoisotopic (exact) mass is 1450 g/mol. The van der Waals surface area contributed by atoms with E-state index in [0.717, 1.165) is 22.9 Å². The van der Waals surface area contributed by atoms with E-state index in [9.17, 15) is 93.9 Å². The van der Waals surface area contributed by atoms with Crippen LogP contribution in [0.5, 0.6) is 0 Å². The van der Waals surface area contributed by atoms with Crippen molar-refractivity contribution in [2.24, 2.45) is 0 Å². The van der Waals surface area contributed by atoms with Crippen molar-refractivity contribution in [3.05, 3.63) is 0 Å². The number of hydrogen-bond donors (Lipinski definition) is 22. The molecule has 0 unspecified atom stereocenters. The van der Waals surface area contributed by atoms with Gasteiger partial charge >= 0.3 is 28.1 Å². The van der Waals surface area contributed by atoms with Crippen LogP contribution in [0.2, 0.25) is 0 Å². The first-order valence-electron chi connectivity index (χ1n) is 30.6. The summed E-state index contributed by atoms with van der Waals surface area (Å²) in [6.45, 7) is 0.503. The maximum atomic E-state index is 14.3. The topological polar surface area (TPSA) is 565 Å². The molecule has 4 radical (unpaired) electrons. The number of rotatable bonds is 34. The second-order valence-corrected chi connectivity index (χ2v) is 23.0. The Morgan fingerprint density at radius 1 is 0.468 bits per heavy atom. The molecule has 10 amide bonds. The zero-order chi connectivity index (χ0) is 69.4. The third kappa shape index (κ3) is 27.5. The smallest absolute Gasteiger partial charge is 0.397 e. The summed E-state index contributed by atoms with van der Waals surface area (Å²) in [5.41, 5.74) is 0. The lowest BCUT2D eigenvalue weighted by Crippen LogP contribution is -2.65. The molecule has 4 aliphatic heterocycles. The average molecular weight is 1450 g/mol. The van der Waals surface area contributed by atoms with E-state index >= 15 is 0 Å². The number of carbonyl (C=O) groups excluding carboxylic acids is 10. The largest absolute Gasteiger partial charge is 0.397 e. The van der Waals surface area contributed by atoms with Crippen molar-refractivity contribution in [3.8, 4) is 0 Å². The Hall–Kier alpha value is -5.03. The van der Waals surface area contributed by atoms with Crippen molar-refractivity contribution >= 4 is 110 Å². The zero-order valence-corrected chi connectivity index (χ0v) is 54.3. The van der Waals surface area contributed by atoms with Crippen LogP contribution in [0.15, 0.2) is 0 Å². The van der Waals surface area contributed by atoms with Crippen LogP contribution >= 0.6 is 22.4 Å². The lowest BCUT2D eigenvalue weighted by atomic mass is 9.96. The number of unbranched alkanes of at least 4 members (excludes halogenated alkanes) is 3. The third-order valence-corrected chi connectivity index (χ3v) is 15.4. The van der Waals surface area contributed by atoms with Crippen molar-refractivity contribution in [1.29, 1.82) is 0 Å². The summed E-state index contributed by atoms with van der Waals surface area (Å²) >= 11 is 1.77. The van der Waals surface area contributed by atoms with Gasteiger partial charge in [-0.3, -0.25) is 47.9 Å². The molecule has 22 N–H and O–H groups in total. The first-order valence-corrected chi connectivity index (χ1v) is 31.8. The van der Waals surface area contributed by atoms with E-state index in [1.54, 1.807) is 22.4 Å². The van der Waals surface area contributed by atoms with Gasteiger partial charge in [-0.2, -0.15) is 0 Å². The summed E-state index contributed by atoms with van der Waals surface area (Å²) in [5, 5.41) is 127. The van der Waals surface area contributed by atoms with Gasteiger partial charge in [0.15, 0.2) is 18.9 Å². The van der Waals surface area contributed by atoms with E-state index in [2.05, 4.69) is 68.8 Å². The summed E-state index contributed by atoms with van der Waals surface area (Å²) < 4.78 is 33.3. The standard InChI is InChI=1S/C51H88B4IN13O25/c1-23(73)62-36-42(82)39(79)30(20-70)89-49(36)92-53-59-15-7-4-10-26-45(85)57-19-35(78)66-28(12-6-9-17-61-55-94-51-38(64-25(3)75)44(84)41(81)32(22-72)91-51)47(87)68-29(13-14-33(76)69-52-56)48(88)67-27(46(86)58-18-34(77)65-26)11-5-8-16-60-54-93-50-37(63-24(2)74)43(83)40(80)31(21-71)90-50/h26-32,36-44,49-51,59-61,70-72,79-84H,4-22H2,1-3H3,(H,57,85)(H,58,86)(H,62,73)(H,63,74)(H,64,75)(H,65,77)(H,66,78)(H,67,88)(H,68,87)(H,69,76)/t26-,27-,28-,29-,30+,31+,32+,36+,37+,38+,39-,40-,41-,42+,43+,44+,49-,50-,51-/m0/s1. The van der Waals surface area contributed by atoms with E-state index in [1.165, 1.54) is 26.0 Å². The Morgan fingerprint density at radius 3 is 1.09 bits per heavy atom. The Balaban J connectivity index is 1.50. The van der Waals surface area contributed by atoms with E-state index in [0.29, 0.717) is 6.42 Å². The number of ether oxygens (including phenoxy) is 3. The quantitative estimate of drug-likeness (QED) is 0.0162. The van der Waals surface area contributed by atoms with Gasteiger partial charge in [-0.1, -0.05) is 0 Å². The Labute approximate surface area is 558 Å². The molecule has 0 aromatic heterocycles. The molecular formula is C51H88B4IN13O25. The first kappa shape index (κ1) is 81.4. The van der Waals surface area contributed by atoms with Crippen molar-refractivity contribution in [3.63, 3.8) is 0 Å². The summed E-state index contributed by atoms with van der Waals surface area (Å²) in [7, 11) is 3.28. The molecular weight excluding hydrogens is 1360 g/mol. The summed E-state index contributed by atoms with van der Waals surface area (Å²) in [6.07, 6.45) is -16.6. The minimum atomic E-state index is -1.57. The van der Waals surface area contributed by atoms with Crippen molar-refractivity contribution in [2.45, 2.75) is 207 Å². The highest BCUT2D eigenvalue weighted by Gasteiger charge is 2.48. The average Bonchev–Trinajstić information content (AvgIpc) is 0.843. The van der Waals surface area contributed by atoms with Gasteiger partial charge in [0, 0.05) is 27.2 Å². The van der Waals surface area contributed by atoms with Gasteiger partial charge in [-0.05, 0) is 83.8 Å². The van der Waals surface area contributed by atoms with Gasteiger partial charge < -0.3 is 143 Å². The maximum absolute atomic E-state index is 14.3. The Kier molecular flexibility index (Phi) is 37.5. The van der Waals surface area contributed by atoms with Gasteiger partial charge in [0.25, 0.3) is 0 Å². The summed E-state index contributed by atoms with van der Waals surface area (Å²) in [5.74, 6) is -7.55. The van der Waals surface area contributed by atoms with Crippen LogP contribution in [-0.4, -0.2) is 302 Å². The number of halogens is 1. The normalized spacial score (nSPS) is 31.4. The number of nitrogens with one attached hydrogen (secondary N) is 13. The van der Waals surface area contributed by atoms with E-state index in [-0.39, 0.29) is 83.8 Å². The van der Waals surface area contributed by atoms with E-state index in [1.807, 2.05) is 0 Å². The van der Waals surface area contributed by atoms with Crippen LogP contribution in [0.3, 0.4) is 0 Å². The van der Waals surface area contributed by atoms with Crippen LogP contribution in [0.4, 0.5) is 0 Å². The fourth-order valence-corrected chi connectivity index (χ4v) is 10.5. The Morgan fingerprint density at radius 2 is 0.777 bits per heavy atom. The molecule has 4 saturated heterocycles. The van der Waals surface area contributed by atoms with Crippen molar-refractivity contribution in [2.75, 3.05) is 52.5 Å². The second-order valence-electron chi connectivity index (χ2n) is 22.4. The fraction of sp³-hybridized carbons (Fsp3) is 0.804. The highest BCUT2D eigenvalue weighted by molar-refractivity contribution is 14.1. The van der Waals surface area contributed by atoms with Crippen LogP contribution < -0.4 is 68.8 Å². The molecule has 0 aliphatic carbocycles. The molecule has 0 bridgehead atoms. The number of amides is 10. The molecule has 4 heterocycles.